The third-order valence-electron chi connectivity index (χ3n) is 4.83. The number of carbonyl (C=O) groups is 2. The van der Waals surface area contributed by atoms with Gasteiger partial charge in [-0.25, -0.2) is 13.9 Å². The van der Waals surface area contributed by atoms with Gasteiger partial charge in [-0.2, -0.15) is 5.10 Å². The molecule has 0 unspecified atom stereocenters. The number of nitrogens with zero attached hydrogens (tertiary/aromatic N) is 2. The molecule has 2 aromatic heterocycles. The van der Waals surface area contributed by atoms with Crippen LogP contribution in [0.5, 0.6) is 11.5 Å². The van der Waals surface area contributed by atoms with E-state index >= 15 is 0 Å². The van der Waals surface area contributed by atoms with Crippen molar-refractivity contribution >= 4 is 39.1 Å². The Hall–Kier alpha value is -3.92. The molecule has 0 spiro atoms. The van der Waals surface area contributed by atoms with Crippen molar-refractivity contribution in [2.75, 3.05) is 26.1 Å². The first-order chi connectivity index (χ1) is 15.9. The number of amides is 1. The number of halogens is 1. The van der Waals surface area contributed by atoms with Crippen molar-refractivity contribution < 1.29 is 28.2 Å². The van der Waals surface area contributed by atoms with Gasteiger partial charge in [-0.15, -0.1) is 11.3 Å². The van der Waals surface area contributed by atoms with Crippen LogP contribution >= 0.6 is 11.3 Å². The number of carbonyl (C=O) groups excluding carboxylic acids is 2. The molecule has 0 fully saturated rings. The van der Waals surface area contributed by atoms with Crippen molar-refractivity contribution in [2.45, 2.75) is 6.92 Å². The van der Waals surface area contributed by atoms with Gasteiger partial charge in [0.15, 0.2) is 6.61 Å². The maximum absolute atomic E-state index is 13.3. The highest BCUT2D eigenvalue weighted by atomic mass is 32.1. The van der Waals surface area contributed by atoms with Crippen molar-refractivity contribution in [3.63, 3.8) is 0 Å². The highest BCUT2D eigenvalue weighted by Gasteiger charge is 2.19. The van der Waals surface area contributed by atoms with E-state index in [2.05, 4.69) is 10.4 Å². The molecule has 0 radical (unpaired) electrons. The number of rotatable bonds is 7. The van der Waals surface area contributed by atoms with Crippen LogP contribution in [0.1, 0.15) is 15.4 Å². The standard InChI is InChI=1S/C23H20FN3O5S/c1-13-17-11-20(33-22(17)27(26-13)15-6-4-14(24)5-7-15)23(29)32-12-21(28)25-18-9-8-16(30-2)10-19(18)31-3/h4-11H,12H2,1-3H3,(H,25,28). The molecule has 1 N–H and O–H groups in total. The Balaban J connectivity index is 1.45. The van der Waals surface area contributed by atoms with Gasteiger partial charge in [0.1, 0.15) is 27.0 Å². The molecule has 0 saturated heterocycles. The highest BCUT2D eigenvalue weighted by Crippen LogP contribution is 2.31. The molecule has 0 aliphatic carbocycles. The van der Waals surface area contributed by atoms with E-state index in [-0.39, 0.29) is 5.82 Å². The number of esters is 1. The third-order valence-corrected chi connectivity index (χ3v) is 5.92. The number of aryl methyl sites for hydroxylation is 1. The maximum Gasteiger partial charge on any atom is 0.348 e. The van der Waals surface area contributed by atoms with Crippen molar-refractivity contribution in [3.05, 3.63) is 64.9 Å². The molecule has 0 aliphatic heterocycles. The average Bonchev–Trinajstić information content (AvgIpc) is 3.39. The molecule has 8 nitrogen and oxygen atoms in total. The first-order valence-corrected chi connectivity index (χ1v) is 10.7. The van der Waals surface area contributed by atoms with Crippen LogP contribution in [0.25, 0.3) is 15.9 Å². The van der Waals surface area contributed by atoms with Crippen LogP contribution in [0.4, 0.5) is 10.1 Å². The van der Waals surface area contributed by atoms with Gasteiger partial charge in [-0.1, -0.05) is 0 Å². The fourth-order valence-corrected chi connectivity index (χ4v) is 4.27. The molecule has 0 atom stereocenters. The van der Waals surface area contributed by atoms with Crippen molar-refractivity contribution in [1.29, 1.82) is 0 Å². The molecule has 10 heteroatoms. The minimum atomic E-state index is -0.627. The Morgan fingerprint density at radius 2 is 1.85 bits per heavy atom. The molecular weight excluding hydrogens is 449 g/mol. The van der Waals surface area contributed by atoms with E-state index in [1.54, 1.807) is 41.1 Å². The summed E-state index contributed by atoms with van der Waals surface area (Å²) in [6.07, 6.45) is 0. The zero-order valence-electron chi connectivity index (χ0n) is 18.0. The highest BCUT2D eigenvalue weighted by molar-refractivity contribution is 7.20. The van der Waals surface area contributed by atoms with Crippen LogP contribution in [0.2, 0.25) is 0 Å². The summed E-state index contributed by atoms with van der Waals surface area (Å²) in [5, 5.41) is 7.90. The Morgan fingerprint density at radius 3 is 2.55 bits per heavy atom. The predicted molar refractivity (Wildman–Crippen MR) is 122 cm³/mol. The first-order valence-electron chi connectivity index (χ1n) is 9.83. The van der Waals surface area contributed by atoms with Gasteiger partial charge in [-0.05, 0) is 49.4 Å². The quantitative estimate of drug-likeness (QED) is 0.405. The predicted octanol–water partition coefficient (Wildman–Crippen LogP) is 4.35. The lowest BCUT2D eigenvalue weighted by atomic mass is 10.2. The minimum absolute atomic E-state index is 0.330. The number of anilines is 1. The van der Waals surface area contributed by atoms with E-state index in [0.717, 1.165) is 10.2 Å². The lowest BCUT2D eigenvalue weighted by Gasteiger charge is -2.11. The van der Waals surface area contributed by atoms with Crippen molar-refractivity contribution in [2.24, 2.45) is 0 Å². The Labute approximate surface area is 192 Å². The van der Waals surface area contributed by atoms with E-state index in [0.29, 0.717) is 33.4 Å². The van der Waals surface area contributed by atoms with Crippen LogP contribution in [0.15, 0.2) is 48.5 Å². The molecule has 1 amide bonds. The third kappa shape index (κ3) is 4.65. The molecular formula is C23H20FN3O5S. The fraction of sp³-hybridized carbons (Fsp3) is 0.174. The van der Waals surface area contributed by atoms with Crippen LogP contribution in [-0.2, 0) is 9.53 Å². The Bertz CT molecular complexity index is 1330. The Morgan fingerprint density at radius 1 is 1.09 bits per heavy atom. The van der Waals surface area contributed by atoms with E-state index < -0.39 is 18.5 Å². The minimum Gasteiger partial charge on any atom is -0.497 e. The molecule has 4 rings (SSSR count). The Kier molecular flexibility index (Phi) is 6.27. The second-order valence-electron chi connectivity index (χ2n) is 6.99. The van der Waals surface area contributed by atoms with Gasteiger partial charge >= 0.3 is 5.97 Å². The summed E-state index contributed by atoms with van der Waals surface area (Å²) >= 11 is 1.18. The fourth-order valence-electron chi connectivity index (χ4n) is 3.20. The first kappa shape index (κ1) is 22.3. The van der Waals surface area contributed by atoms with Gasteiger partial charge in [-0.3, -0.25) is 4.79 Å². The van der Waals surface area contributed by atoms with Gasteiger partial charge in [0.25, 0.3) is 5.91 Å². The average molecular weight is 469 g/mol. The van der Waals surface area contributed by atoms with E-state index in [4.69, 9.17) is 14.2 Å². The van der Waals surface area contributed by atoms with Gasteiger partial charge in [0.05, 0.1) is 31.3 Å². The van der Waals surface area contributed by atoms with Gasteiger partial charge in [0.2, 0.25) is 0 Å². The van der Waals surface area contributed by atoms with Crippen LogP contribution in [0, 0.1) is 12.7 Å². The van der Waals surface area contributed by atoms with E-state index in [1.807, 2.05) is 6.92 Å². The normalized spacial score (nSPS) is 10.8. The number of nitrogens with one attached hydrogen (secondary N) is 1. The number of aromatic nitrogens is 2. The summed E-state index contributed by atoms with van der Waals surface area (Å²) in [5.41, 5.74) is 1.81. The zero-order chi connectivity index (χ0) is 23.5. The van der Waals surface area contributed by atoms with Crippen molar-refractivity contribution in [1.82, 2.24) is 9.78 Å². The summed E-state index contributed by atoms with van der Waals surface area (Å²) < 4.78 is 30.5. The van der Waals surface area contributed by atoms with Gasteiger partial charge in [0, 0.05) is 11.5 Å². The second kappa shape index (κ2) is 9.29. The number of benzene rings is 2. The lowest BCUT2D eigenvalue weighted by Crippen LogP contribution is -2.21. The second-order valence-corrected chi connectivity index (χ2v) is 8.02. The number of methoxy groups -OCH3 is 2. The topological polar surface area (TPSA) is 91.7 Å². The van der Waals surface area contributed by atoms with E-state index in [1.165, 1.54) is 37.7 Å². The number of thiophene rings is 1. The molecule has 0 bridgehead atoms. The molecule has 33 heavy (non-hydrogen) atoms. The monoisotopic (exact) mass is 469 g/mol. The summed E-state index contributed by atoms with van der Waals surface area (Å²) in [6, 6.07) is 12.5. The smallest absolute Gasteiger partial charge is 0.348 e. The van der Waals surface area contributed by atoms with Crippen LogP contribution in [-0.4, -0.2) is 42.5 Å². The summed E-state index contributed by atoms with van der Waals surface area (Å²) in [4.78, 5) is 25.9. The van der Waals surface area contributed by atoms with Gasteiger partial charge < -0.3 is 19.5 Å². The molecule has 170 valence electrons. The molecule has 4 aromatic rings. The van der Waals surface area contributed by atoms with E-state index in [9.17, 15) is 14.0 Å². The number of hydrogen-bond acceptors (Lipinski definition) is 7. The molecule has 2 heterocycles. The molecule has 0 saturated carbocycles. The van der Waals surface area contributed by atoms with Crippen LogP contribution < -0.4 is 14.8 Å². The number of hydrogen-bond donors (Lipinski definition) is 1. The molecule has 2 aromatic carbocycles. The SMILES string of the molecule is COc1ccc(NC(=O)COC(=O)c2cc3c(C)nn(-c4ccc(F)cc4)c3s2)c(OC)c1. The summed E-state index contributed by atoms with van der Waals surface area (Å²) in [5.74, 6) is -0.491. The number of ether oxygens (including phenoxy) is 3. The zero-order valence-corrected chi connectivity index (χ0v) is 18.9. The maximum atomic E-state index is 13.3. The molecule has 0 aliphatic rings. The van der Waals surface area contributed by atoms with Crippen LogP contribution in [0.3, 0.4) is 0 Å². The largest absolute Gasteiger partial charge is 0.497 e. The number of fused-ring (bicyclic) bond motifs is 1. The summed E-state index contributed by atoms with van der Waals surface area (Å²) in [6.45, 7) is 1.35. The summed E-state index contributed by atoms with van der Waals surface area (Å²) in [7, 11) is 3.00. The lowest BCUT2D eigenvalue weighted by molar-refractivity contribution is -0.119. The van der Waals surface area contributed by atoms with Crippen molar-refractivity contribution in [3.8, 4) is 17.2 Å².